The monoisotopic (exact) mass is 559 g/mol. The smallest absolute Gasteiger partial charge is 0.257 e. The number of aromatic nitrogens is 1. The molecule has 0 fully saturated rings. The van der Waals surface area contributed by atoms with Crippen LogP contribution < -0.4 is 20.1 Å². The Morgan fingerprint density at radius 3 is 2.65 bits per heavy atom. The molecular weight excluding hydrogens is 542 g/mol. The minimum absolute atomic E-state index is 0.136. The van der Waals surface area contributed by atoms with E-state index < -0.39 is 5.91 Å². The summed E-state index contributed by atoms with van der Waals surface area (Å²) in [6, 6.07) is 15.7. The number of oxazole rings is 1. The number of benzene rings is 3. The SMILES string of the molecule is CCOc1ccc(C(=O)NC(=S)Nc2ccc3oc(-c4ccc(OC)c(Br)c4)nc3c2)cc1Cl. The minimum atomic E-state index is -0.391. The molecule has 1 aromatic heterocycles. The van der Waals surface area contributed by atoms with Gasteiger partial charge in [0.05, 0.1) is 23.2 Å². The molecule has 0 atom stereocenters. The first-order valence-corrected chi connectivity index (χ1v) is 11.7. The summed E-state index contributed by atoms with van der Waals surface area (Å²) in [5, 5.41) is 6.12. The number of ether oxygens (including phenoxy) is 2. The predicted molar refractivity (Wildman–Crippen MR) is 140 cm³/mol. The second-order valence-corrected chi connectivity index (χ2v) is 8.71. The van der Waals surface area contributed by atoms with Crippen molar-refractivity contribution in [1.29, 1.82) is 0 Å². The Kier molecular flexibility index (Phi) is 7.35. The van der Waals surface area contributed by atoms with Crippen LogP contribution in [-0.2, 0) is 0 Å². The number of fused-ring (bicyclic) bond motifs is 1. The van der Waals surface area contributed by atoms with E-state index in [1.54, 1.807) is 37.4 Å². The van der Waals surface area contributed by atoms with E-state index >= 15 is 0 Å². The molecule has 1 heterocycles. The van der Waals surface area contributed by atoms with Crippen LogP contribution in [0.2, 0.25) is 5.02 Å². The van der Waals surface area contributed by atoms with Crippen molar-refractivity contribution in [2.24, 2.45) is 0 Å². The number of anilines is 1. The van der Waals surface area contributed by atoms with E-state index in [0.717, 1.165) is 15.8 Å². The summed E-state index contributed by atoms with van der Waals surface area (Å²) in [7, 11) is 1.61. The van der Waals surface area contributed by atoms with E-state index in [9.17, 15) is 4.79 Å². The van der Waals surface area contributed by atoms with Crippen LogP contribution >= 0.6 is 39.7 Å². The molecule has 0 saturated carbocycles. The van der Waals surface area contributed by atoms with Crippen molar-refractivity contribution in [3.63, 3.8) is 0 Å². The molecule has 4 rings (SSSR count). The molecule has 7 nitrogen and oxygen atoms in total. The summed E-state index contributed by atoms with van der Waals surface area (Å²) < 4.78 is 17.3. The average Bonchev–Trinajstić information content (AvgIpc) is 3.23. The average molecular weight is 561 g/mol. The van der Waals surface area contributed by atoms with E-state index in [2.05, 4.69) is 31.5 Å². The molecule has 3 aromatic carbocycles. The highest BCUT2D eigenvalue weighted by Gasteiger charge is 2.13. The van der Waals surface area contributed by atoms with Gasteiger partial charge >= 0.3 is 0 Å². The largest absolute Gasteiger partial charge is 0.496 e. The number of carbonyl (C=O) groups is 1. The lowest BCUT2D eigenvalue weighted by atomic mass is 10.2. The van der Waals surface area contributed by atoms with Gasteiger partial charge < -0.3 is 19.2 Å². The van der Waals surface area contributed by atoms with Crippen molar-refractivity contribution in [3.05, 3.63) is 69.7 Å². The summed E-state index contributed by atoms with van der Waals surface area (Å²) in [4.78, 5) is 17.1. The fourth-order valence-corrected chi connectivity index (χ4v) is 4.17. The van der Waals surface area contributed by atoms with Gasteiger partial charge in [-0.15, -0.1) is 0 Å². The lowest BCUT2D eigenvalue weighted by Gasteiger charge is -2.11. The first kappa shape index (κ1) is 24.0. The number of amides is 1. The van der Waals surface area contributed by atoms with Gasteiger partial charge in [0.15, 0.2) is 10.7 Å². The third-order valence-electron chi connectivity index (χ3n) is 4.77. The van der Waals surface area contributed by atoms with E-state index in [1.807, 2.05) is 25.1 Å². The molecule has 0 aliphatic rings. The molecule has 2 N–H and O–H groups in total. The number of rotatable bonds is 6. The Bertz CT molecular complexity index is 1390. The van der Waals surface area contributed by atoms with Gasteiger partial charge in [0, 0.05) is 16.8 Å². The van der Waals surface area contributed by atoms with Crippen LogP contribution in [0.3, 0.4) is 0 Å². The van der Waals surface area contributed by atoms with Crippen LogP contribution in [0.15, 0.2) is 63.5 Å². The fraction of sp³-hybridized carbons (Fsp3) is 0.125. The number of hydrogen-bond donors (Lipinski definition) is 2. The lowest BCUT2D eigenvalue weighted by Crippen LogP contribution is -2.34. The standard InChI is InChI=1S/C24H19BrClN3O4S/c1-3-32-20-8-4-13(11-17(20)26)22(30)29-24(34)27-15-6-9-21-18(12-15)28-23(33-21)14-5-7-19(31-2)16(25)10-14/h4-12H,3H2,1-2H3,(H2,27,29,30,34). The molecule has 174 valence electrons. The van der Waals surface area contributed by atoms with Gasteiger partial charge in [-0.2, -0.15) is 0 Å². The first-order valence-electron chi connectivity index (χ1n) is 10.2. The van der Waals surface area contributed by atoms with Gasteiger partial charge in [0.1, 0.15) is 17.0 Å². The number of methoxy groups -OCH3 is 1. The molecule has 0 radical (unpaired) electrons. The number of nitrogens with zero attached hydrogens (tertiary/aromatic N) is 1. The topological polar surface area (TPSA) is 85.6 Å². The van der Waals surface area contributed by atoms with Crippen molar-refractivity contribution >= 4 is 67.6 Å². The zero-order valence-electron chi connectivity index (χ0n) is 18.1. The highest BCUT2D eigenvalue weighted by atomic mass is 79.9. The normalized spacial score (nSPS) is 10.7. The summed E-state index contributed by atoms with van der Waals surface area (Å²) in [6.07, 6.45) is 0. The van der Waals surface area contributed by atoms with Gasteiger partial charge in [0.2, 0.25) is 5.89 Å². The molecule has 34 heavy (non-hydrogen) atoms. The molecule has 10 heteroatoms. The number of hydrogen-bond acceptors (Lipinski definition) is 6. The molecule has 0 bridgehead atoms. The minimum Gasteiger partial charge on any atom is -0.496 e. The molecule has 0 saturated heterocycles. The van der Waals surface area contributed by atoms with E-state index in [-0.39, 0.29) is 5.11 Å². The zero-order chi connectivity index (χ0) is 24.2. The second-order valence-electron chi connectivity index (χ2n) is 7.04. The Morgan fingerprint density at radius 1 is 1.15 bits per heavy atom. The second kappa shape index (κ2) is 10.4. The van der Waals surface area contributed by atoms with E-state index in [0.29, 0.717) is 45.6 Å². The molecule has 0 unspecified atom stereocenters. The predicted octanol–water partition coefficient (Wildman–Crippen LogP) is 6.44. The van der Waals surface area contributed by atoms with Crippen molar-refractivity contribution in [2.45, 2.75) is 6.92 Å². The van der Waals surface area contributed by atoms with Crippen molar-refractivity contribution in [2.75, 3.05) is 19.0 Å². The highest BCUT2D eigenvalue weighted by Crippen LogP contribution is 2.32. The van der Waals surface area contributed by atoms with Gasteiger partial charge in [-0.3, -0.25) is 10.1 Å². The molecule has 1 amide bonds. The molecule has 0 aliphatic carbocycles. The fourth-order valence-electron chi connectivity index (χ4n) is 3.18. The Hall–Kier alpha value is -3.14. The maximum absolute atomic E-state index is 12.5. The van der Waals surface area contributed by atoms with Crippen LogP contribution in [-0.4, -0.2) is 29.7 Å². The van der Waals surface area contributed by atoms with Gasteiger partial charge in [-0.05, 0) is 89.7 Å². The van der Waals surface area contributed by atoms with Crippen molar-refractivity contribution < 1.29 is 18.7 Å². The Labute approximate surface area is 214 Å². The number of thiocarbonyl (C=S) groups is 1. The number of carbonyl (C=O) groups excluding carboxylic acids is 1. The van der Waals surface area contributed by atoms with Gasteiger partial charge in [-0.1, -0.05) is 11.6 Å². The lowest BCUT2D eigenvalue weighted by molar-refractivity contribution is 0.0977. The third-order valence-corrected chi connectivity index (χ3v) is 5.88. The maximum Gasteiger partial charge on any atom is 0.257 e. The zero-order valence-corrected chi connectivity index (χ0v) is 21.3. The highest BCUT2D eigenvalue weighted by molar-refractivity contribution is 9.10. The van der Waals surface area contributed by atoms with Crippen LogP contribution in [0, 0.1) is 0 Å². The molecule has 4 aromatic rings. The molecular formula is C24H19BrClN3O4S. The number of nitrogens with one attached hydrogen (secondary N) is 2. The van der Waals surface area contributed by atoms with Crippen LogP contribution in [0.4, 0.5) is 5.69 Å². The molecule has 0 aliphatic heterocycles. The van der Waals surface area contributed by atoms with E-state index in [1.165, 1.54) is 6.07 Å². The maximum atomic E-state index is 12.5. The van der Waals surface area contributed by atoms with Crippen molar-refractivity contribution in [1.82, 2.24) is 10.3 Å². The molecule has 0 spiro atoms. The number of halogens is 2. The third kappa shape index (κ3) is 5.32. The summed E-state index contributed by atoms with van der Waals surface area (Å²) in [6.45, 7) is 2.34. The summed E-state index contributed by atoms with van der Waals surface area (Å²) in [5.74, 6) is 1.31. The summed E-state index contributed by atoms with van der Waals surface area (Å²) >= 11 is 14.9. The van der Waals surface area contributed by atoms with Crippen LogP contribution in [0.5, 0.6) is 11.5 Å². The van der Waals surface area contributed by atoms with Gasteiger partial charge in [0.25, 0.3) is 5.91 Å². The van der Waals surface area contributed by atoms with Crippen LogP contribution in [0.25, 0.3) is 22.6 Å². The summed E-state index contributed by atoms with van der Waals surface area (Å²) in [5.41, 5.74) is 3.07. The first-order chi connectivity index (χ1) is 16.4. The van der Waals surface area contributed by atoms with E-state index in [4.69, 9.17) is 37.7 Å². The quantitative estimate of drug-likeness (QED) is 0.262. The Morgan fingerprint density at radius 2 is 1.94 bits per heavy atom. The van der Waals surface area contributed by atoms with Crippen LogP contribution in [0.1, 0.15) is 17.3 Å². The van der Waals surface area contributed by atoms with Gasteiger partial charge in [-0.25, -0.2) is 4.98 Å². The Balaban J connectivity index is 1.46. The van der Waals surface area contributed by atoms with Crippen molar-refractivity contribution in [3.8, 4) is 23.0 Å².